The summed E-state index contributed by atoms with van der Waals surface area (Å²) in [5, 5.41) is 2.59. The normalized spacial score (nSPS) is 19.9. The molecule has 1 amide bonds. The number of nitrogens with zero attached hydrogens (tertiary/aromatic N) is 4. The topological polar surface area (TPSA) is 51.5 Å². The molecule has 6 rings (SSSR count). The lowest BCUT2D eigenvalue weighted by Crippen LogP contribution is -2.44. The van der Waals surface area contributed by atoms with Gasteiger partial charge in [-0.1, -0.05) is 30.1 Å². The minimum atomic E-state index is -4.54. The van der Waals surface area contributed by atoms with Gasteiger partial charge in [-0.2, -0.15) is 13.2 Å². The Morgan fingerprint density at radius 1 is 1.10 bits per heavy atom. The average molecular weight is 533 g/mol. The Morgan fingerprint density at radius 3 is 2.72 bits per heavy atom. The summed E-state index contributed by atoms with van der Waals surface area (Å²) in [7, 11) is 2.00. The summed E-state index contributed by atoms with van der Waals surface area (Å²) in [6.45, 7) is 4.16. The van der Waals surface area contributed by atoms with E-state index >= 15 is 0 Å². The number of carbonyl (C=O) groups is 1. The van der Waals surface area contributed by atoms with Crippen molar-refractivity contribution in [3.8, 4) is 11.8 Å². The number of aromatic nitrogens is 1. The van der Waals surface area contributed by atoms with Crippen LogP contribution in [0.2, 0.25) is 0 Å². The third-order valence-corrected chi connectivity index (χ3v) is 6.97. The van der Waals surface area contributed by atoms with Crippen molar-refractivity contribution in [2.24, 2.45) is 0 Å². The summed E-state index contributed by atoms with van der Waals surface area (Å²) >= 11 is 0. The highest BCUT2D eigenvalue weighted by atomic mass is 19.4. The molecule has 0 unspecified atom stereocenters. The summed E-state index contributed by atoms with van der Waals surface area (Å²) in [5.41, 5.74) is 2.32. The molecule has 4 aliphatic heterocycles. The van der Waals surface area contributed by atoms with Crippen LogP contribution in [0.15, 0.2) is 72.2 Å². The highest BCUT2D eigenvalue weighted by molar-refractivity contribution is 6.04. The zero-order valence-corrected chi connectivity index (χ0v) is 21.6. The van der Waals surface area contributed by atoms with Gasteiger partial charge >= 0.3 is 6.18 Å². The highest BCUT2D eigenvalue weighted by Crippen LogP contribution is 2.34. The lowest BCUT2D eigenvalue weighted by Gasteiger charge is -2.33. The summed E-state index contributed by atoms with van der Waals surface area (Å²) < 4.78 is 43.8. The first-order valence-electron chi connectivity index (χ1n) is 12.8. The number of hydrogen-bond donors (Lipinski definition) is 1. The molecule has 9 heteroatoms. The standard InChI is InChI=1S/C30H28F3N5O/c1-36-12-14-38(15-13-36)21-25-7-8-27(17-28(25)30(31,32)33)35-29(39)26-16-22(18-34-19-26)5-6-24-20-37-10-3-2-4-23(24)9-11-37/h2-4,7-8,10,16-20H,9,11-15,21H2,1H3/p+1/b3-2-,4-2?,10-3?,23-4+,37-10?. The number of alkyl halides is 3. The smallest absolute Gasteiger partial charge is 0.322 e. The second-order valence-corrected chi connectivity index (χ2v) is 9.87. The number of amides is 1. The van der Waals surface area contributed by atoms with Crippen LogP contribution in [-0.4, -0.2) is 71.3 Å². The van der Waals surface area contributed by atoms with Crippen LogP contribution in [0, 0.1) is 11.8 Å². The van der Waals surface area contributed by atoms with Crippen molar-refractivity contribution < 1.29 is 22.5 Å². The Morgan fingerprint density at radius 2 is 1.92 bits per heavy atom. The van der Waals surface area contributed by atoms with Gasteiger partial charge in [-0.15, -0.1) is 0 Å². The molecule has 0 spiro atoms. The number of rotatable bonds is 4. The van der Waals surface area contributed by atoms with Gasteiger partial charge in [0.15, 0.2) is 19.0 Å². The van der Waals surface area contributed by atoms with Crippen molar-refractivity contribution in [3.63, 3.8) is 0 Å². The van der Waals surface area contributed by atoms with Gasteiger partial charge in [0, 0.05) is 68.9 Å². The maximum atomic E-state index is 13.9. The second kappa shape index (κ2) is 11.4. The minimum absolute atomic E-state index is 0.0759. The van der Waals surface area contributed by atoms with Crippen LogP contribution in [0.5, 0.6) is 0 Å². The van der Waals surface area contributed by atoms with Gasteiger partial charge < -0.3 is 10.2 Å². The lowest BCUT2D eigenvalue weighted by molar-refractivity contribution is -0.454. The second-order valence-electron chi connectivity index (χ2n) is 9.87. The zero-order valence-electron chi connectivity index (χ0n) is 21.6. The van der Waals surface area contributed by atoms with E-state index in [1.807, 2.05) is 42.6 Å². The number of fused-ring (bicyclic) bond motifs is 3. The Hall–Kier alpha value is -4.00. The van der Waals surface area contributed by atoms with Gasteiger partial charge in [0.25, 0.3) is 5.91 Å². The molecule has 0 radical (unpaired) electrons. The van der Waals surface area contributed by atoms with E-state index in [-0.39, 0.29) is 23.4 Å². The van der Waals surface area contributed by atoms with Gasteiger partial charge in [0.1, 0.15) is 0 Å². The molecule has 5 heterocycles. The predicted molar refractivity (Wildman–Crippen MR) is 144 cm³/mol. The Bertz CT molecular complexity index is 1450. The highest BCUT2D eigenvalue weighted by Gasteiger charge is 2.34. The minimum Gasteiger partial charge on any atom is -0.322 e. The van der Waals surface area contributed by atoms with E-state index in [2.05, 4.69) is 31.6 Å². The molecule has 1 N–H and O–H groups in total. The predicted octanol–water partition coefficient (Wildman–Crippen LogP) is 4.32. The molecule has 6 nitrogen and oxygen atoms in total. The van der Waals surface area contributed by atoms with Gasteiger partial charge in [0.2, 0.25) is 0 Å². The number of likely N-dealkylation sites (N-methyl/N-ethyl adjacent to an activating group) is 1. The molecule has 0 saturated carbocycles. The lowest BCUT2D eigenvalue weighted by atomic mass is 9.99. The van der Waals surface area contributed by atoms with Gasteiger partial charge in [-0.25, -0.2) is 4.58 Å². The van der Waals surface area contributed by atoms with E-state index in [1.165, 1.54) is 18.3 Å². The van der Waals surface area contributed by atoms with Crippen molar-refractivity contribution in [2.45, 2.75) is 19.1 Å². The summed E-state index contributed by atoms with van der Waals surface area (Å²) in [6, 6.07) is 5.56. The average Bonchev–Trinajstić information content (AvgIpc) is 2.89. The largest absolute Gasteiger partial charge is 0.416 e. The number of hydrogen-bond acceptors (Lipinski definition) is 4. The van der Waals surface area contributed by atoms with E-state index in [9.17, 15) is 18.0 Å². The molecule has 39 heavy (non-hydrogen) atoms. The summed E-state index contributed by atoms with van der Waals surface area (Å²) in [4.78, 5) is 21.2. The van der Waals surface area contributed by atoms with Crippen molar-refractivity contribution in [3.05, 3.63) is 94.5 Å². The van der Waals surface area contributed by atoms with Crippen molar-refractivity contribution in [1.82, 2.24) is 14.8 Å². The van der Waals surface area contributed by atoms with Gasteiger partial charge in [-0.3, -0.25) is 14.7 Å². The summed E-state index contributed by atoms with van der Waals surface area (Å²) in [6.07, 6.45) is 9.25. The molecule has 2 aromatic rings. The maximum Gasteiger partial charge on any atom is 0.416 e. The number of halogens is 3. The number of pyridine rings is 1. The van der Waals surface area contributed by atoms with Gasteiger partial charge in [-0.05, 0) is 36.4 Å². The fourth-order valence-electron chi connectivity index (χ4n) is 4.71. The Kier molecular flexibility index (Phi) is 7.77. The fourth-order valence-corrected chi connectivity index (χ4v) is 4.71. The van der Waals surface area contributed by atoms with Crippen LogP contribution < -0.4 is 5.32 Å². The van der Waals surface area contributed by atoms with E-state index < -0.39 is 17.6 Å². The first kappa shape index (κ1) is 26.6. The number of allylic oxidation sites excluding steroid dienone is 4. The summed E-state index contributed by atoms with van der Waals surface area (Å²) in [5.74, 6) is 5.67. The number of piperazine rings is 1. The monoisotopic (exact) mass is 532 g/mol. The fraction of sp³-hybridized carbons (Fsp3) is 0.300. The van der Waals surface area contributed by atoms with Crippen LogP contribution in [0.25, 0.3) is 0 Å². The van der Waals surface area contributed by atoms with E-state index in [1.54, 1.807) is 12.3 Å². The van der Waals surface area contributed by atoms with Crippen LogP contribution >= 0.6 is 0 Å². The number of carbonyl (C=O) groups excluding carboxylic acids is 1. The first-order chi connectivity index (χ1) is 18.7. The number of anilines is 1. The van der Waals surface area contributed by atoms with Crippen LogP contribution in [-0.2, 0) is 12.7 Å². The number of benzene rings is 1. The van der Waals surface area contributed by atoms with Crippen molar-refractivity contribution >= 4 is 17.8 Å². The molecule has 1 saturated heterocycles. The van der Waals surface area contributed by atoms with Crippen LogP contribution in [0.1, 0.15) is 33.5 Å². The third-order valence-electron chi connectivity index (χ3n) is 6.97. The molecular formula is C30H29F3N5O+. The van der Waals surface area contributed by atoms with Gasteiger partial charge in [0.05, 0.1) is 16.7 Å². The number of nitrogens with one attached hydrogen (secondary N) is 1. The first-order valence-corrected chi connectivity index (χ1v) is 12.8. The van der Waals surface area contributed by atoms with E-state index in [0.29, 0.717) is 18.7 Å². The van der Waals surface area contributed by atoms with Crippen LogP contribution in [0.3, 0.4) is 0 Å². The molecule has 1 aromatic heterocycles. The van der Waals surface area contributed by atoms with E-state index in [0.717, 1.165) is 43.3 Å². The SMILES string of the molecule is CN1CCN(Cc2ccc(NC(=O)c3cncc(C#CC4=C[N+]5=C/C=C\C=C\4CC5)c3)cc2C(F)(F)F)CC1. The third kappa shape index (κ3) is 6.72. The molecule has 1 aromatic carbocycles. The molecule has 1 fully saturated rings. The quantitative estimate of drug-likeness (QED) is 0.471. The molecular weight excluding hydrogens is 503 g/mol. The molecule has 0 atom stereocenters. The van der Waals surface area contributed by atoms with Crippen LogP contribution in [0.4, 0.5) is 18.9 Å². The molecule has 2 bridgehead atoms. The molecule has 200 valence electrons. The maximum absolute atomic E-state index is 13.9. The van der Waals surface area contributed by atoms with Crippen molar-refractivity contribution in [2.75, 3.05) is 45.1 Å². The zero-order chi connectivity index (χ0) is 27.4. The molecule has 0 aliphatic carbocycles. The Labute approximate surface area is 225 Å². The van der Waals surface area contributed by atoms with Crippen molar-refractivity contribution in [1.29, 1.82) is 0 Å². The Balaban J connectivity index is 1.31. The molecule has 4 aliphatic rings. The van der Waals surface area contributed by atoms with E-state index in [4.69, 9.17) is 0 Å².